The fourth-order valence-electron chi connectivity index (χ4n) is 7.63. The molecule has 5 rings (SSSR count). The van der Waals surface area contributed by atoms with Crippen molar-refractivity contribution in [2.24, 2.45) is 21.7 Å². The van der Waals surface area contributed by atoms with E-state index in [9.17, 15) is 28.8 Å². The van der Waals surface area contributed by atoms with E-state index in [1.807, 2.05) is 18.2 Å². The van der Waals surface area contributed by atoms with Crippen molar-refractivity contribution in [3.8, 4) is 5.88 Å². The van der Waals surface area contributed by atoms with Gasteiger partial charge in [0, 0.05) is 32.6 Å². The van der Waals surface area contributed by atoms with Crippen molar-refractivity contribution in [3.05, 3.63) is 59.2 Å². The van der Waals surface area contributed by atoms with Gasteiger partial charge in [-0.25, -0.2) is 0 Å². The van der Waals surface area contributed by atoms with Gasteiger partial charge in [0.05, 0.1) is 32.6 Å². The number of aromatic amines is 1. The number of nitrogens with zero attached hydrogens (tertiary/aromatic N) is 2. The maximum Gasteiger partial charge on any atom is 0.311 e. The Balaban J connectivity index is 1.38. The number of hydrogen-bond donors (Lipinski definition) is 3. The Morgan fingerprint density at radius 1 is 0.671 bits per heavy atom. The zero-order valence-electron chi connectivity index (χ0n) is 43.8. The zero-order valence-corrected chi connectivity index (χ0v) is 43.8. The Morgan fingerprint density at radius 3 is 1.76 bits per heavy atom. The second kappa shape index (κ2) is 22.3. The summed E-state index contributed by atoms with van der Waals surface area (Å²) in [5, 5.41) is 14.4. The molecule has 17 nitrogen and oxygen atoms in total. The van der Waals surface area contributed by atoms with E-state index >= 15 is 0 Å². The third-order valence-corrected chi connectivity index (χ3v) is 12.0. The van der Waals surface area contributed by atoms with Crippen molar-refractivity contribution in [1.29, 1.82) is 0 Å². The van der Waals surface area contributed by atoms with Crippen molar-refractivity contribution in [1.82, 2.24) is 25.7 Å². The van der Waals surface area contributed by atoms with Crippen LogP contribution in [0.5, 0.6) is 5.88 Å². The van der Waals surface area contributed by atoms with Gasteiger partial charge in [0.25, 0.3) is 0 Å². The van der Waals surface area contributed by atoms with Crippen molar-refractivity contribution in [3.63, 3.8) is 0 Å². The van der Waals surface area contributed by atoms with Gasteiger partial charge in [0.15, 0.2) is 12.2 Å². The summed E-state index contributed by atoms with van der Waals surface area (Å²) >= 11 is 0. The number of piperazine rings is 1. The summed E-state index contributed by atoms with van der Waals surface area (Å²) in [7, 11) is 0. The zero-order chi connectivity index (χ0) is 52.0. The van der Waals surface area contributed by atoms with Crippen LogP contribution in [0.15, 0.2) is 42.5 Å². The van der Waals surface area contributed by atoms with Gasteiger partial charge in [0.2, 0.25) is 30.1 Å². The molecule has 1 aromatic heterocycles. The van der Waals surface area contributed by atoms with Gasteiger partial charge in [-0.05, 0) is 145 Å². The summed E-state index contributed by atoms with van der Waals surface area (Å²) in [6, 6.07) is 14.0. The predicted octanol–water partition coefficient (Wildman–Crippen LogP) is 6.56. The van der Waals surface area contributed by atoms with Crippen LogP contribution in [-0.2, 0) is 71.7 Å². The number of hydrogen-bond acceptors (Lipinski definition) is 14. The molecule has 2 aliphatic rings. The molecule has 0 bridgehead atoms. The molecule has 2 amide bonds. The molecule has 2 fully saturated rings. The first-order chi connectivity index (χ1) is 32.5. The highest BCUT2D eigenvalue weighted by Crippen LogP contribution is 2.37. The van der Waals surface area contributed by atoms with Crippen LogP contribution in [0.25, 0.3) is 10.9 Å². The van der Waals surface area contributed by atoms with E-state index in [1.54, 1.807) is 102 Å². The first-order valence-electron chi connectivity index (χ1n) is 24.4. The molecular weight excluding hydrogens is 899 g/mol. The van der Waals surface area contributed by atoms with Gasteiger partial charge in [-0.2, -0.15) is 0 Å². The van der Waals surface area contributed by atoms with E-state index in [0.29, 0.717) is 56.1 Å². The van der Waals surface area contributed by atoms with E-state index in [1.165, 1.54) is 0 Å². The van der Waals surface area contributed by atoms with E-state index < -0.39 is 88.4 Å². The minimum absolute atomic E-state index is 0.0771. The summed E-state index contributed by atoms with van der Waals surface area (Å²) in [6.45, 7) is 25.9. The van der Waals surface area contributed by atoms with E-state index in [0.717, 1.165) is 29.8 Å². The van der Waals surface area contributed by atoms with Crippen molar-refractivity contribution >= 4 is 46.6 Å². The summed E-state index contributed by atoms with van der Waals surface area (Å²) in [5.74, 6) is -2.70. The lowest BCUT2D eigenvalue weighted by molar-refractivity contribution is -0.294. The van der Waals surface area contributed by atoms with Crippen LogP contribution in [0, 0.1) is 21.7 Å². The number of amides is 2. The van der Waals surface area contributed by atoms with Crippen molar-refractivity contribution in [2.45, 2.75) is 165 Å². The summed E-state index contributed by atoms with van der Waals surface area (Å²) in [5.41, 5.74) is -1.27. The molecule has 0 spiro atoms. The molecule has 2 aliphatic heterocycles. The SMILES string of the molecule is CC(C)(C)C(=O)OC[C@H]1O[C@@H](Oc2n[nH]c3cccc(CCc4ccc(CCCC(=O)NC(C)(C)C(=O)N5CCNCC5)cc4)c23)[C@H](OC(=O)C(C)(C)C)[C@@H](OC(=O)C(C)(C)C)[C@@H]1OC(=O)C(C)(C)C. The van der Waals surface area contributed by atoms with E-state index in [-0.39, 0.29) is 17.7 Å². The summed E-state index contributed by atoms with van der Waals surface area (Å²) in [4.78, 5) is 82.1. The van der Waals surface area contributed by atoms with Crippen molar-refractivity contribution in [2.75, 3.05) is 32.8 Å². The molecule has 0 unspecified atom stereocenters. The molecule has 3 aromatic rings. The highest BCUT2D eigenvalue weighted by molar-refractivity contribution is 5.91. The fourth-order valence-corrected chi connectivity index (χ4v) is 7.63. The number of carbonyl (C=O) groups is 6. The number of esters is 4. The lowest BCUT2D eigenvalue weighted by Gasteiger charge is -2.45. The largest absolute Gasteiger partial charge is 0.462 e. The second-order valence-corrected chi connectivity index (χ2v) is 23.1. The number of rotatable bonds is 16. The number of fused-ring (bicyclic) bond motifs is 1. The highest BCUT2D eigenvalue weighted by Gasteiger charge is 2.56. The van der Waals surface area contributed by atoms with Gasteiger partial charge < -0.3 is 44.0 Å². The molecule has 3 heterocycles. The third-order valence-electron chi connectivity index (χ3n) is 12.0. The van der Waals surface area contributed by atoms with E-state index in [4.69, 9.17) is 28.4 Å². The van der Waals surface area contributed by atoms with Crippen LogP contribution < -0.4 is 15.4 Å². The predicted molar refractivity (Wildman–Crippen MR) is 262 cm³/mol. The summed E-state index contributed by atoms with van der Waals surface area (Å²) in [6.07, 6.45) is -4.35. The first-order valence-corrected chi connectivity index (χ1v) is 24.4. The standard InChI is InChI=1S/C53H77N5O12/c1-49(2,3)45(61)65-31-36-39(67-46(62)50(4,5)6)40(68-47(63)51(7,8)9)41(69-48(64)52(10,11)12)43(66-36)70-42-38-34(18-16-19-35(38)56-57-42)26-25-33-23-21-32(22-24-33)17-15-20-37(59)55-53(13,14)44(60)58-29-27-54-28-30-58/h16,18-19,21-24,36,39-41,43,54H,15,17,20,25-31H2,1-14H3,(H,55,59)(H,56,57)/t36-,39-,40+,41-,43+/m1/s1. The number of benzene rings is 2. The Morgan fingerprint density at radius 2 is 1.20 bits per heavy atom. The molecular formula is C53H77N5O12. The molecule has 5 atom stereocenters. The molecule has 70 heavy (non-hydrogen) atoms. The number of ether oxygens (including phenoxy) is 6. The molecule has 3 N–H and O–H groups in total. The molecule has 386 valence electrons. The number of carbonyl (C=O) groups excluding carboxylic acids is 6. The van der Waals surface area contributed by atoms with Crippen LogP contribution in [-0.4, -0.2) is 120 Å². The molecule has 0 aliphatic carbocycles. The average Bonchev–Trinajstić information content (AvgIpc) is 3.68. The van der Waals surface area contributed by atoms with Gasteiger partial charge in [-0.1, -0.05) is 36.4 Å². The molecule has 2 saturated heterocycles. The maximum atomic E-state index is 13.8. The molecule has 17 heteroatoms. The quantitative estimate of drug-likeness (QED) is 0.102. The second-order valence-electron chi connectivity index (χ2n) is 23.1. The van der Waals surface area contributed by atoms with Gasteiger partial charge in [0.1, 0.15) is 18.2 Å². The Bertz CT molecular complexity index is 2320. The Labute approximate surface area is 413 Å². The monoisotopic (exact) mass is 976 g/mol. The number of aromatic nitrogens is 2. The number of H-pyrrole nitrogens is 1. The number of aryl methyl sites for hydroxylation is 3. The van der Waals surface area contributed by atoms with Crippen LogP contribution >= 0.6 is 0 Å². The normalized spacial score (nSPS) is 20.3. The highest BCUT2D eigenvalue weighted by atomic mass is 16.7. The van der Waals surface area contributed by atoms with Crippen LogP contribution in [0.1, 0.15) is 126 Å². The average molecular weight is 976 g/mol. The Kier molecular flexibility index (Phi) is 17.6. The third kappa shape index (κ3) is 14.7. The summed E-state index contributed by atoms with van der Waals surface area (Å²) < 4.78 is 37.4. The minimum Gasteiger partial charge on any atom is -0.462 e. The Hall–Kier alpha value is -5.55. The maximum absolute atomic E-state index is 13.8. The minimum atomic E-state index is -1.52. The van der Waals surface area contributed by atoms with Gasteiger partial charge in [-0.3, -0.25) is 33.9 Å². The fraction of sp³-hybridized carbons (Fsp3) is 0.642. The lowest BCUT2D eigenvalue weighted by atomic mass is 9.93. The van der Waals surface area contributed by atoms with E-state index in [2.05, 4.69) is 45.1 Å². The molecule has 0 radical (unpaired) electrons. The lowest BCUT2D eigenvalue weighted by Crippen LogP contribution is -2.65. The smallest absolute Gasteiger partial charge is 0.311 e. The van der Waals surface area contributed by atoms with Crippen LogP contribution in [0.3, 0.4) is 0 Å². The molecule has 2 aromatic carbocycles. The topological polar surface area (TPSA) is 214 Å². The first kappa shape index (κ1) is 55.4. The van der Waals surface area contributed by atoms with Gasteiger partial charge >= 0.3 is 23.9 Å². The molecule has 0 saturated carbocycles. The number of nitrogens with one attached hydrogen (secondary N) is 3. The van der Waals surface area contributed by atoms with Gasteiger partial charge in [-0.15, -0.1) is 5.10 Å². The van der Waals surface area contributed by atoms with Crippen LogP contribution in [0.4, 0.5) is 0 Å². The van der Waals surface area contributed by atoms with Crippen molar-refractivity contribution < 1.29 is 57.2 Å². The van der Waals surface area contributed by atoms with Crippen LogP contribution in [0.2, 0.25) is 0 Å².